The monoisotopic (exact) mass is 260 g/mol. The minimum absolute atomic E-state index is 0.304. The summed E-state index contributed by atoms with van der Waals surface area (Å²) >= 11 is 0. The second kappa shape index (κ2) is 5.01. The molecule has 0 aromatic rings. The minimum atomic E-state index is -1.42. The summed E-state index contributed by atoms with van der Waals surface area (Å²) in [4.78, 5) is 24.3. The van der Waals surface area contributed by atoms with Crippen LogP contribution < -0.4 is 5.32 Å². The molecular weight excluding hydrogens is 240 g/mol. The molecule has 1 atom stereocenters. The third-order valence-corrected chi connectivity index (χ3v) is 2.43. The number of amides is 1. The molecule has 18 heavy (non-hydrogen) atoms. The first-order chi connectivity index (χ1) is 8.12. The maximum absolute atomic E-state index is 11.7. The lowest BCUT2D eigenvalue weighted by Crippen LogP contribution is -2.54. The summed E-state index contributed by atoms with van der Waals surface area (Å²) in [5.41, 5.74) is -1.86. The van der Waals surface area contributed by atoms with Gasteiger partial charge in [0.05, 0.1) is 6.54 Å². The molecule has 1 saturated heterocycles. The molecule has 0 saturated carbocycles. The number of ether oxygens (including phenoxy) is 2. The third-order valence-electron chi connectivity index (χ3n) is 2.43. The number of likely N-dealkylation sites (tertiary alicyclic amines) is 1. The van der Waals surface area contributed by atoms with E-state index < -0.39 is 23.6 Å². The fourth-order valence-corrected chi connectivity index (χ4v) is 1.83. The molecule has 7 nitrogen and oxygen atoms in total. The largest absolute Gasteiger partial charge is 0.507 e. The number of hydrogen-bond donors (Lipinski definition) is 2. The Kier molecular flexibility index (Phi) is 4.05. The lowest BCUT2D eigenvalue weighted by atomic mass is 10.2. The summed E-state index contributed by atoms with van der Waals surface area (Å²) in [6.45, 7) is 6.15. The van der Waals surface area contributed by atoms with Crippen LogP contribution in [0.2, 0.25) is 0 Å². The van der Waals surface area contributed by atoms with E-state index in [9.17, 15) is 9.59 Å². The lowest BCUT2D eigenvalue weighted by molar-refractivity contribution is -0.0391. The van der Waals surface area contributed by atoms with Crippen molar-refractivity contribution in [1.29, 1.82) is 0 Å². The predicted octanol–water partition coefficient (Wildman–Crippen LogP) is 1.24. The van der Waals surface area contributed by atoms with Gasteiger partial charge in [0.2, 0.25) is 5.72 Å². The number of rotatable bonds is 2. The Morgan fingerprint density at radius 3 is 2.39 bits per heavy atom. The zero-order chi connectivity index (χ0) is 14.0. The van der Waals surface area contributed by atoms with Gasteiger partial charge in [0.1, 0.15) is 5.60 Å². The molecule has 1 amide bonds. The van der Waals surface area contributed by atoms with Crippen LogP contribution in [0, 0.1) is 0 Å². The van der Waals surface area contributed by atoms with Gasteiger partial charge in [0.25, 0.3) is 0 Å². The average Bonchev–Trinajstić information content (AvgIpc) is 2.41. The van der Waals surface area contributed by atoms with Crippen molar-refractivity contribution in [3.05, 3.63) is 0 Å². The molecule has 0 spiro atoms. The summed E-state index contributed by atoms with van der Waals surface area (Å²) in [7, 11) is 1.82. The first kappa shape index (κ1) is 14.6. The number of likely N-dealkylation sites (N-methyl/N-ethyl adjacent to an activating group) is 1. The number of hydrogen-bond acceptors (Lipinski definition) is 5. The Labute approximate surface area is 106 Å². The maximum atomic E-state index is 11.7. The second-order valence-electron chi connectivity index (χ2n) is 5.48. The van der Waals surface area contributed by atoms with Crippen molar-refractivity contribution < 1.29 is 24.2 Å². The first-order valence-electron chi connectivity index (χ1n) is 5.74. The van der Waals surface area contributed by atoms with E-state index in [1.54, 1.807) is 20.8 Å². The van der Waals surface area contributed by atoms with Crippen LogP contribution >= 0.6 is 0 Å². The SMILES string of the molecule is CN1CCC(NC(=O)OC(C)(C)C)(OC(=O)O)C1. The van der Waals surface area contributed by atoms with E-state index in [2.05, 4.69) is 5.32 Å². The molecule has 1 aliphatic heterocycles. The van der Waals surface area contributed by atoms with Crippen LogP contribution in [0.3, 0.4) is 0 Å². The van der Waals surface area contributed by atoms with E-state index in [1.165, 1.54) is 0 Å². The van der Waals surface area contributed by atoms with Crippen LogP contribution in [0.5, 0.6) is 0 Å². The Balaban J connectivity index is 2.68. The Morgan fingerprint density at radius 2 is 2.00 bits per heavy atom. The molecule has 2 N–H and O–H groups in total. The van der Waals surface area contributed by atoms with Crippen molar-refractivity contribution in [2.75, 3.05) is 20.1 Å². The quantitative estimate of drug-likeness (QED) is 0.573. The highest BCUT2D eigenvalue weighted by Gasteiger charge is 2.43. The molecule has 0 aromatic carbocycles. The highest BCUT2D eigenvalue weighted by atomic mass is 16.7. The lowest BCUT2D eigenvalue weighted by Gasteiger charge is -2.30. The minimum Gasteiger partial charge on any atom is -0.450 e. The Bertz CT molecular complexity index is 339. The number of carbonyl (C=O) groups excluding carboxylic acids is 1. The van der Waals surface area contributed by atoms with Crippen molar-refractivity contribution in [2.45, 2.75) is 38.5 Å². The molecular formula is C11H20N2O5. The Morgan fingerprint density at radius 1 is 1.39 bits per heavy atom. The van der Waals surface area contributed by atoms with Gasteiger partial charge in [-0.3, -0.25) is 5.32 Å². The molecule has 1 heterocycles. The van der Waals surface area contributed by atoms with E-state index >= 15 is 0 Å². The Hall–Kier alpha value is -1.50. The summed E-state index contributed by atoms with van der Waals surface area (Å²) < 4.78 is 9.92. The van der Waals surface area contributed by atoms with Gasteiger partial charge in [0.15, 0.2) is 0 Å². The summed E-state index contributed by atoms with van der Waals surface area (Å²) in [6, 6.07) is 0. The van der Waals surface area contributed by atoms with Crippen molar-refractivity contribution in [2.24, 2.45) is 0 Å². The molecule has 1 rings (SSSR count). The van der Waals surface area contributed by atoms with Crippen molar-refractivity contribution >= 4 is 12.2 Å². The second-order valence-corrected chi connectivity index (χ2v) is 5.48. The number of nitrogens with zero attached hydrogens (tertiary/aromatic N) is 1. The van der Waals surface area contributed by atoms with Gasteiger partial charge in [-0.2, -0.15) is 0 Å². The van der Waals surface area contributed by atoms with Gasteiger partial charge in [-0.05, 0) is 27.8 Å². The summed E-state index contributed by atoms with van der Waals surface area (Å²) in [6.07, 6.45) is -1.70. The normalized spacial score (nSPS) is 24.7. The molecule has 1 aliphatic rings. The molecule has 7 heteroatoms. The maximum Gasteiger partial charge on any atom is 0.507 e. The number of carbonyl (C=O) groups is 2. The van der Waals surface area contributed by atoms with Crippen LogP contribution in [-0.2, 0) is 9.47 Å². The first-order valence-corrected chi connectivity index (χ1v) is 5.74. The van der Waals surface area contributed by atoms with Crippen LogP contribution in [0.1, 0.15) is 27.2 Å². The van der Waals surface area contributed by atoms with Crippen molar-refractivity contribution in [3.8, 4) is 0 Å². The molecule has 0 aromatic heterocycles. The molecule has 104 valence electrons. The average molecular weight is 260 g/mol. The van der Waals surface area contributed by atoms with Gasteiger partial charge in [-0.1, -0.05) is 0 Å². The number of nitrogens with one attached hydrogen (secondary N) is 1. The number of carboxylic acid groups (broad SMARTS) is 1. The summed E-state index contributed by atoms with van der Waals surface area (Å²) in [5, 5.41) is 11.2. The topological polar surface area (TPSA) is 88.1 Å². The van der Waals surface area contributed by atoms with Crippen LogP contribution in [0.4, 0.5) is 9.59 Å². The molecule has 1 unspecified atom stereocenters. The third kappa shape index (κ3) is 4.40. The van der Waals surface area contributed by atoms with Crippen LogP contribution in [0.25, 0.3) is 0 Å². The van der Waals surface area contributed by atoms with E-state index in [1.807, 2.05) is 11.9 Å². The fraction of sp³-hybridized carbons (Fsp3) is 0.818. The zero-order valence-corrected chi connectivity index (χ0v) is 11.1. The van der Waals surface area contributed by atoms with Gasteiger partial charge in [-0.15, -0.1) is 0 Å². The predicted molar refractivity (Wildman–Crippen MR) is 63.3 cm³/mol. The van der Waals surface area contributed by atoms with Gasteiger partial charge in [-0.25, -0.2) is 9.59 Å². The van der Waals surface area contributed by atoms with Gasteiger partial charge >= 0.3 is 12.2 Å². The van der Waals surface area contributed by atoms with Gasteiger partial charge < -0.3 is 19.5 Å². The van der Waals surface area contributed by atoms with Crippen molar-refractivity contribution in [3.63, 3.8) is 0 Å². The highest BCUT2D eigenvalue weighted by molar-refractivity contribution is 5.69. The zero-order valence-electron chi connectivity index (χ0n) is 11.1. The van der Waals surface area contributed by atoms with Crippen LogP contribution in [0.15, 0.2) is 0 Å². The van der Waals surface area contributed by atoms with Gasteiger partial charge in [0, 0.05) is 13.0 Å². The standard InChI is InChI=1S/C11H20N2O5/c1-10(2,3)17-8(14)12-11(18-9(15)16)5-6-13(4)7-11/h5-7H2,1-4H3,(H,12,14)(H,15,16). The van der Waals surface area contributed by atoms with E-state index in [0.717, 1.165) is 0 Å². The number of alkyl carbamates (subject to hydrolysis) is 1. The fourth-order valence-electron chi connectivity index (χ4n) is 1.83. The molecule has 0 bridgehead atoms. The molecule has 0 radical (unpaired) electrons. The van der Waals surface area contributed by atoms with Crippen LogP contribution in [-0.4, -0.2) is 53.7 Å². The van der Waals surface area contributed by atoms with E-state index in [-0.39, 0.29) is 0 Å². The highest BCUT2D eigenvalue weighted by Crippen LogP contribution is 2.22. The van der Waals surface area contributed by atoms with Crippen molar-refractivity contribution in [1.82, 2.24) is 10.2 Å². The molecule has 1 fully saturated rings. The smallest absolute Gasteiger partial charge is 0.450 e. The molecule has 0 aliphatic carbocycles. The van der Waals surface area contributed by atoms with E-state index in [0.29, 0.717) is 19.5 Å². The van der Waals surface area contributed by atoms with E-state index in [4.69, 9.17) is 14.6 Å². The summed E-state index contributed by atoms with van der Waals surface area (Å²) in [5.74, 6) is 0.